The number of aromatic amines is 1. The van der Waals surface area contributed by atoms with Gasteiger partial charge in [0.2, 0.25) is 0 Å². The lowest BCUT2D eigenvalue weighted by Gasteiger charge is -2.20. The van der Waals surface area contributed by atoms with Crippen molar-refractivity contribution in [2.24, 2.45) is 5.92 Å². The molecule has 0 radical (unpaired) electrons. The highest BCUT2D eigenvalue weighted by atomic mass is 32.2. The summed E-state index contributed by atoms with van der Waals surface area (Å²) in [6.45, 7) is 1.46. The van der Waals surface area contributed by atoms with Crippen molar-refractivity contribution in [3.05, 3.63) is 17.5 Å². The minimum Gasteiger partial charge on any atom is -0.293 e. The van der Waals surface area contributed by atoms with E-state index >= 15 is 0 Å². The largest absolute Gasteiger partial charge is 0.293 e. The number of hydrogen-bond acceptors (Lipinski definition) is 4. The number of ketones is 1. The van der Waals surface area contributed by atoms with E-state index in [0.717, 1.165) is 18.5 Å². The highest BCUT2D eigenvalue weighted by Crippen LogP contribution is 2.21. The molecule has 5 nitrogen and oxygen atoms in total. The molecule has 0 aliphatic carbocycles. The molecule has 1 aromatic heterocycles. The van der Waals surface area contributed by atoms with Crippen LogP contribution in [-0.4, -0.2) is 35.9 Å². The third-order valence-corrected chi connectivity index (χ3v) is 4.95. The van der Waals surface area contributed by atoms with Crippen LogP contribution in [-0.2, 0) is 16.3 Å². The van der Waals surface area contributed by atoms with Crippen LogP contribution < -0.4 is 0 Å². The lowest BCUT2D eigenvalue weighted by molar-refractivity contribution is 0.101. The van der Waals surface area contributed by atoms with Crippen LogP contribution in [0.1, 0.15) is 35.9 Å². The molecule has 6 heteroatoms. The van der Waals surface area contributed by atoms with Crippen molar-refractivity contribution in [1.29, 1.82) is 0 Å². The first-order chi connectivity index (χ1) is 7.96. The average molecular weight is 256 g/mol. The van der Waals surface area contributed by atoms with Gasteiger partial charge in [0.15, 0.2) is 15.6 Å². The van der Waals surface area contributed by atoms with Gasteiger partial charge in [0.25, 0.3) is 0 Å². The summed E-state index contributed by atoms with van der Waals surface area (Å²) in [7, 11) is -2.86. The van der Waals surface area contributed by atoms with Crippen LogP contribution in [0, 0.1) is 5.92 Å². The van der Waals surface area contributed by atoms with E-state index in [1.54, 1.807) is 6.07 Å². The number of nitrogens with one attached hydrogen (secondary N) is 1. The second-order valence-electron chi connectivity index (χ2n) is 4.66. The van der Waals surface area contributed by atoms with Crippen molar-refractivity contribution in [2.45, 2.75) is 26.2 Å². The molecule has 1 aliphatic rings. The van der Waals surface area contributed by atoms with Crippen LogP contribution in [0.5, 0.6) is 0 Å². The number of hydrogen-bond donors (Lipinski definition) is 1. The Morgan fingerprint density at radius 1 is 1.59 bits per heavy atom. The number of sulfone groups is 1. The second-order valence-corrected chi connectivity index (χ2v) is 6.89. The molecule has 1 N–H and O–H groups in total. The fourth-order valence-corrected chi connectivity index (χ4v) is 4.01. The monoisotopic (exact) mass is 256 g/mol. The highest BCUT2D eigenvalue weighted by Gasteiger charge is 2.25. The molecule has 1 unspecified atom stereocenters. The predicted octanol–water partition coefficient (Wildman–Crippen LogP) is 0.980. The summed E-state index contributed by atoms with van der Waals surface area (Å²) in [4.78, 5) is 11.1. The molecule has 17 heavy (non-hydrogen) atoms. The Labute approximate surface area is 101 Å². The number of carbonyl (C=O) groups excluding carboxylic acids is 1. The molecule has 1 atom stereocenters. The average Bonchev–Trinajstić information content (AvgIpc) is 2.64. The van der Waals surface area contributed by atoms with Gasteiger partial charge in [0.05, 0.1) is 11.5 Å². The van der Waals surface area contributed by atoms with Crippen LogP contribution in [0.25, 0.3) is 0 Å². The van der Waals surface area contributed by atoms with Gasteiger partial charge in [-0.2, -0.15) is 5.10 Å². The fourth-order valence-electron chi connectivity index (χ4n) is 2.24. The molecule has 0 amide bonds. The quantitative estimate of drug-likeness (QED) is 0.817. The van der Waals surface area contributed by atoms with Crippen molar-refractivity contribution in [1.82, 2.24) is 10.2 Å². The van der Waals surface area contributed by atoms with Crippen molar-refractivity contribution >= 4 is 15.6 Å². The van der Waals surface area contributed by atoms with Crippen LogP contribution in [0.3, 0.4) is 0 Å². The van der Waals surface area contributed by atoms with Crippen molar-refractivity contribution in [3.8, 4) is 0 Å². The molecule has 1 aromatic rings. The van der Waals surface area contributed by atoms with Crippen LogP contribution in [0.2, 0.25) is 0 Å². The van der Waals surface area contributed by atoms with Crippen molar-refractivity contribution < 1.29 is 13.2 Å². The Hall–Kier alpha value is -1.17. The Kier molecular flexibility index (Phi) is 3.33. The minimum absolute atomic E-state index is 0.0798. The summed E-state index contributed by atoms with van der Waals surface area (Å²) in [5.41, 5.74) is 1.26. The fraction of sp³-hybridized carbons (Fsp3) is 0.636. The standard InChI is InChI=1S/C11H16N2O3S/c1-8(14)11-6-10(12-13-11)5-9-3-2-4-17(15,16)7-9/h6,9H,2-5,7H2,1H3,(H,12,13). The zero-order valence-electron chi connectivity index (χ0n) is 9.77. The Balaban J connectivity index is 2.03. The van der Waals surface area contributed by atoms with E-state index in [2.05, 4.69) is 10.2 Å². The summed E-state index contributed by atoms with van der Waals surface area (Å²) >= 11 is 0. The second kappa shape index (κ2) is 4.60. The molecule has 2 rings (SSSR count). The van der Waals surface area contributed by atoms with Gasteiger partial charge in [-0.05, 0) is 31.2 Å². The van der Waals surface area contributed by atoms with Crippen LogP contribution in [0.15, 0.2) is 6.07 Å². The molecule has 2 heterocycles. The molecule has 0 aromatic carbocycles. The van der Waals surface area contributed by atoms with Gasteiger partial charge >= 0.3 is 0 Å². The first-order valence-electron chi connectivity index (χ1n) is 5.72. The Morgan fingerprint density at radius 2 is 2.35 bits per heavy atom. The van der Waals surface area contributed by atoms with Gasteiger partial charge in [-0.15, -0.1) is 0 Å². The van der Waals surface area contributed by atoms with E-state index in [1.165, 1.54) is 6.92 Å². The van der Waals surface area contributed by atoms with E-state index < -0.39 is 9.84 Å². The highest BCUT2D eigenvalue weighted by molar-refractivity contribution is 7.91. The zero-order valence-corrected chi connectivity index (χ0v) is 10.6. The number of Topliss-reactive ketones (excluding diaryl/α,β-unsaturated/α-hetero) is 1. The maximum atomic E-state index is 11.5. The van der Waals surface area contributed by atoms with Crippen molar-refractivity contribution in [3.63, 3.8) is 0 Å². The molecule has 0 saturated carbocycles. The van der Waals surface area contributed by atoms with E-state index in [9.17, 15) is 13.2 Å². The Bertz CT molecular complexity index is 519. The summed E-state index contributed by atoms with van der Waals surface area (Å²) in [6, 6.07) is 1.71. The lowest BCUT2D eigenvalue weighted by atomic mass is 9.99. The number of aromatic nitrogens is 2. The smallest absolute Gasteiger partial charge is 0.179 e. The van der Waals surface area contributed by atoms with Crippen LogP contribution >= 0.6 is 0 Å². The number of rotatable bonds is 3. The topological polar surface area (TPSA) is 79.9 Å². The molecular weight excluding hydrogens is 240 g/mol. The first kappa shape index (κ1) is 12.3. The normalized spacial score (nSPS) is 23.5. The van der Waals surface area contributed by atoms with Gasteiger partial charge in [-0.3, -0.25) is 9.89 Å². The number of carbonyl (C=O) groups is 1. The summed E-state index contributed by atoms with van der Waals surface area (Å²) < 4.78 is 23.0. The van der Waals surface area contributed by atoms with Gasteiger partial charge in [0.1, 0.15) is 5.69 Å². The zero-order chi connectivity index (χ0) is 12.5. The lowest BCUT2D eigenvalue weighted by Crippen LogP contribution is -2.26. The molecule has 0 spiro atoms. The SMILES string of the molecule is CC(=O)c1cc(CC2CCCS(=O)(=O)C2)[nH]n1. The first-order valence-corrected chi connectivity index (χ1v) is 7.54. The van der Waals surface area contributed by atoms with E-state index in [-0.39, 0.29) is 17.5 Å². The van der Waals surface area contributed by atoms with Gasteiger partial charge in [-0.1, -0.05) is 0 Å². The number of nitrogens with zero attached hydrogens (tertiary/aromatic N) is 1. The molecule has 1 saturated heterocycles. The van der Waals surface area contributed by atoms with Crippen LogP contribution in [0.4, 0.5) is 0 Å². The third kappa shape index (κ3) is 3.15. The number of H-pyrrole nitrogens is 1. The molecule has 94 valence electrons. The van der Waals surface area contributed by atoms with Crippen molar-refractivity contribution in [2.75, 3.05) is 11.5 Å². The van der Waals surface area contributed by atoms with E-state index in [1.807, 2.05) is 0 Å². The van der Waals surface area contributed by atoms with Gasteiger partial charge < -0.3 is 0 Å². The third-order valence-electron chi connectivity index (χ3n) is 3.06. The maximum absolute atomic E-state index is 11.5. The summed E-state index contributed by atoms with van der Waals surface area (Å²) in [6.07, 6.45) is 2.31. The molecule has 0 bridgehead atoms. The predicted molar refractivity (Wildman–Crippen MR) is 63.7 cm³/mol. The van der Waals surface area contributed by atoms with E-state index in [0.29, 0.717) is 17.9 Å². The summed E-state index contributed by atoms with van der Waals surface area (Å²) in [5, 5.41) is 6.69. The van der Waals surface area contributed by atoms with Gasteiger partial charge in [0, 0.05) is 12.6 Å². The Morgan fingerprint density at radius 3 is 2.94 bits per heavy atom. The summed E-state index contributed by atoms with van der Waals surface area (Å²) in [5.74, 6) is 0.629. The maximum Gasteiger partial charge on any atom is 0.179 e. The van der Waals surface area contributed by atoms with E-state index in [4.69, 9.17) is 0 Å². The molecular formula is C11H16N2O3S. The molecule has 1 fully saturated rings. The molecule has 1 aliphatic heterocycles. The van der Waals surface area contributed by atoms with Gasteiger partial charge in [-0.25, -0.2) is 8.42 Å². The minimum atomic E-state index is -2.86.